The van der Waals surface area contributed by atoms with E-state index in [0.717, 1.165) is 16.5 Å². The fraction of sp³-hybridized carbons (Fsp3) is 0.571. The van der Waals surface area contributed by atoms with Crippen LogP contribution in [0.5, 0.6) is 5.75 Å². The van der Waals surface area contributed by atoms with E-state index in [1.807, 2.05) is 19.9 Å². The topological polar surface area (TPSA) is 58.6 Å². The number of nitrogens with zero attached hydrogens (tertiary/aromatic N) is 1. The Balaban J connectivity index is 2.07. The van der Waals surface area contributed by atoms with Crippen molar-refractivity contribution in [1.29, 1.82) is 0 Å². The second-order valence-electron chi connectivity index (χ2n) is 5.59. The number of piperazine rings is 1. The zero-order valence-electron chi connectivity index (χ0n) is 12.1. The van der Waals surface area contributed by atoms with Gasteiger partial charge in [0.05, 0.1) is 6.61 Å². The van der Waals surface area contributed by atoms with Crippen LogP contribution in [-0.2, 0) is 16.4 Å². The molecule has 2 aliphatic heterocycles. The fourth-order valence-electron chi connectivity index (χ4n) is 2.92. The molecule has 0 radical (unpaired) electrons. The maximum Gasteiger partial charge on any atom is 0.247 e. The lowest BCUT2D eigenvalue weighted by Crippen LogP contribution is -2.57. The SMILES string of the molecule is CC1NCCN(S(=O)(=O)c2cc(Br)cc3c2OCC3)C1C. The van der Waals surface area contributed by atoms with E-state index in [4.69, 9.17) is 4.74 Å². The maximum atomic E-state index is 13.1. The summed E-state index contributed by atoms with van der Waals surface area (Å²) >= 11 is 3.41. The first-order valence-corrected chi connectivity index (χ1v) is 9.35. The quantitative estimate of drug-likeness (QED) is 0.856. The molecule has 116 valence electrons. The van der Waals surface area contributed by atoms with Crippen molar-refractivity contribution < 1.29 is 13.2 Å². The average Bonchev–Trinajstić information content (AvgIpc) is 2.88. The lowest BCUT2D eigenvalue weighted by Gasteiger charge is -2.37. The highest BCUT2D eigenvalue weighted by atomic mass is 79.9. The van der Waals surface area contributed by atoms with Gasteiger partial charge in [0.15, 0.2) is 0 Å². The molecule has 0 bridgehead atoms. The minimum absolute atomic E-state index is 0.0835. The molecule has 1 aromatic rings. The molecule has 5 nitrogen and oxygen atoms in total. The number of hydrogen-bond donors (Lipinski definition) is 1. The monoisotopic (exact) mass is 374 g/mol. The Morgan fingerprint density at radius 3 is 2.90 bits per heavy atom. The number of ether oxygens (including phenoxy) is 1. The molecule has 2 unspecified atom stereocenters. The van der Waals surface area contributed by atoms with Crippen LogP contribution in [0.4, 0.5) is 0 Å². The molecule has 0 aliphatic carbocycles. The predicted octanol–water partition coefficient (Wildman–Crippen LogP) is 1.75. The first kappa shape index (κ1) is 15.3. The summed E-state index contributed by atoms with van der Waals surface area (Å²) in [4.78, 5) is 0.283. The summed E-state index contributed by atoms with van der Waals surface area (Å²) in [6.07, 6.45) is 0.755. The Kier molecular flexibility index (Phi) is 4.02. The number of hydrogen-bond acceptors (Lipinski definition) is 4. The first-order valence-electron chi connectivity index (χ1n) is 7.11. The van der Waals surface area contributed by atoms with Gasteiger partial charge in [0, 0.05) is 41.6 Å². The molecule has 0 spiro atoms. The van der Waals surface area contributed by atoms with E-state index in [-0.39, 0.29) is 17.0 Å². The maximum absolute atomic E-state index is 13.1. The van der Waals surface area contributed by atoms with Crippen LogP contribution in [0, 0.1) is 0 Å². The third-order valence-electron chi connectivity index (χ3n) is 4.28. The molecule has 7 heteroatoms. The van der Waals surface area contributed by atoms with Gasteiger partial charge in [-0.25, -0.2) is 8.42 Å². The number of benzene rings is 1. The molecule has 2 heterocycles. The van der Waals surface area contributed by atoms with Crippen LogP contribution in [0.15, 0.2) is 21.5 Å². The van der Waals surface area contributed by atoms with Gasteiger partial charge in [0.25, 0.3) is 0 Å². The molecule has 1 saturated heterocycles. The molecule has 2 atom stereocenters. The van der Waals surface area contributed by atoms with Crippen LogP contribution in [0.2, 0.25) is 0 Å². The third kappa shape index (κ3) is 2.60. The molecule has 0 aromatic heterocycles. The second-order valence-corrected chi connectivity index (χ2v) is 8.36. The summed E-state index contributed by atoms with van der Waals surface area (Å²) in [6, 6.07) is 3.64. The van der Waals surface area contributed by atoms with Crippen LogP contribution in [0.1, 0.15) is 19.4 Å². The van der Waals surface area contributed by atoms with E-state index in [9.17, 15) is 8.42 Å². The van der Waals surface area contributed by atoms with Crippen molar-refractivity contribution in [3.8, 4) is 5.75 Å². The number of sulfonamides is 1. The number of halogens is 1. The molecule has 0 saturated carbocycles. The fourth-order valence-corrected chi connectivity index (χ4v) is 5.48. The van der Waals surface area contributed by atoms with Gasteiger partial charge in [-0.15, -0.1) is 0 Å². The summed E-state index contributed by atoms with van der Waals surface area (Å²) in [6.45, 7) is 5.64. The van der Waals surface area contributed by atoms with E-state index in [1.165, 1.54) is 0 Å². The van der Waals surface area contributed by atoms with Crippen LogP contribution >= 0.6 is 15.9 Å². The number of nitrogens with one attached hydrogen (secondary N) is 1. The van der Waals surface area contributed by atoms with Gasteiger partial charge in [0.2, 0.25) is 10.0 Å². The van der Waals surface area contributed by atoms with E-state index >= 15 is 0 Å². The second kappa shape index (κ2) is 5.53. The van der Waals surface area contributed by atoms with Crippen LogP contribution in [-0.4, -0.2) is 44.5 Å². The van der Waals surface area contributed by atoms with Gasteiger partial charge in [-0.1, -0.05) is 15.9 Å². The van der Waals surface area contributed by atoms with E-state index in [2.05, 4.69) is 21.2 Å². The minimum atomic E-state index is -3.55. The highest BCUT2D eigenvalue weighted by Crippen LogP contribution is 2.38. The molecule has 1 aromatic carbocycles. The van der Waals surface area contributed by atoms with Crippen molar-refractivity contribution in [1.82, 2.24) is 9.62 Å². The lowest BCUT2D eigenvalue weighted by molar-refractivity contribution is 0.232. The van der Waals surface area contributed by atoms with Gasteiger partial charge in [0.1, 0.15) is 10.6 Å². The van der Waals surface area contributed by atoms with Crippen molar-refractivity contribution >= 4 is 26.0 Å². The predicted molar refractivity (Wildman–Crippen MR) is 84.2 cm³/mol. The van der Waals surface area contributed by atoms with Crippen LogP contribution in [0.25, 0.3) is 0 Å². The zero-order chi connectivity index (χ0) is 15.2. The minimum Gasteiger partial charge on any atom is -0.492 e. The Morgan fingerprint density at radius 1 is 1.38 bits per heavy atom. The summed E-state index contributed by atoms with van der Waals surface area (Å²) in [7, 11) is -3.55. The van der Waals surface area contributed by atoms with Gasteiger partial charge in [-0.3, -0.25) is 0 Å². The Labute approximate surface area is 133 Å². The zero-order valence-corrected chi connectivity index (χ0v) is 14.5. The highest BCUT2D eigenvalue weighted by Gasteiger charge is 2.37. The van der Waals surface area contributed by atoms with Crippen molar-refractivity contribution in [3.05, 3.63) is 22.2 Å². The van der Waals surface area contributed by atoms with Crippen molar-refractivity contribution in [3.63, 3.8) is 0 Å². The molecule has 1 N–H and O–H groups in total. The summed E-state index contributed by atoms with van der Waals surface area (Å²) < 4.78 is 34.0. The van der Waals surface area contributed by atoms with Crippen molar-refractivity contribution in [2.24, 2.45) is 0 Å². The average molecular weight is 375 g/mol. The molecule has 1 fully saturated rings. The van der Waals surface area contributed by atoms with Crippen molar-refractivity contribution in [2.75, 3.05) is 19.7 Å². The molecular formula is C14H19BrN2O3S. The lowest BCUT2D eigenvalue weighted by atomic mass is 10.1. The molecule has 0 amide bonds. The van der Waals surface area contributed by atoms with Crippen LogP contribution < -0.4 is 10.1 Å². The number of fused-ring (bicyclic) bond motifs is 1. The summed E-state index contributed by atoms with van der Waals surface area (Å²) in [5, 5.41) is 3.30. The Hall–Kier alpha value is -0.630. The summed E-state index contributed by atoms with van der Waals surface area (Å²) in [5.41, 5.74) is 0.957. The van der Waals surface area contributed by atoms with Gasteiger partial charge in [-0.05, 0) is 26.0 Å². The largest absolute Gasteiger partial charge is 0.492 e. The normalized spacial score (nSPS) is 26.4. The smallest absolute Gasteiger partial charge is 0.247 e. The van der Waals surface area contributed by atoms with E-state index < -0.39 is 10.0 Å². The Morgan fingerprint density at radius 2 is 2.14 bits per heavy atom. The molecule has 21 heavy (non-hydrogen) atoms. The van der Waals surface area contributed by atoms with Gasteiger partial charge in [-0.2, -0.15) is 4.31 Å². The van der Waals surface area contributed by atoms with Gasteiger partial charge < -0.3 is 10.1 Å². The summed E-state index contributed by atoms with van der Waals surface area (Å²) in [5.74, 6) is 0.525. The molecule has 3 rings (SSSR count). The molecule has 2 aliphatic rings. The Bertz CT molecular complexity index is 662. The number of rotatable bonds is 2. The van der Waals surface area contributed by atoms with Crippen molar-refractivity contribution in [2.45, 2.75) is 37.2 Å². The van der Waals surface area contributed by atoms with E-state index in [0.29, 0.717) is 25.4 Å². The van der Waals surface area contributed by atoms with Crippen LogP contribution in [0.3, 0.4) is 0 Å². The first-order chi connectivity index (χ1) is 9.91. The van der Waals surface area contributed by atoms with E-state index in [1.54, 1.807) is 10.4 Å². The molecular weight excluding hydrogens is 356 g/mol. The van der Waals surface area contributed by atoms with Gasteiger partial charge >= 0.3 is 0 Å². The highest BCUT2D eigenvalue weighted by molar-refractivity contribution is 9.10. The standard InChI is InChI=1S/C14H19BrN2O3S/c1-9-10(2)17(5-4-16-9)21(18,19)13-8-12(15)7-11-3-6-20-14(11)13/h7-10,16H,3-6H2,1-2H3. The third-order valence-corrected chi connectivity index (χ3v) is 6.73.